The molecule has 2 aromatic carbocycles. The highest BCUT2D eigenvalue weighted by molar-refractivity contribution is 5.44. The van der Waals surface area contributed by atoms with Crippen molar-refractivity contribution in [1.29, 1.82) is 0 Å². The zero-order valence-electron chi connectivity index (χ0n) is 11.3. The summed E-state index contributed by atoms with van der Waals surface area (Å²) in [5, 5.41) is 10.5. The quantitative estimate of drug-likeness (QED) is 0.682. The molecular weight excluding hydrogens is 248 g/mol. The van der Waals surface area contributed by atoms with Crippen LogP contribution in [0.15, 0.2) is 67.3 Å². The van der Waals surface area contributed by atoms with Gasteiger partial charge in [-0.1, -0.05) is 48.8 Å². The summed E-state index contributed by atoms with van der Waals surface area (Å²) < 4.78 is 5.09. The van der Waals surface area contributed by atoms with Gasteiger partial charge < -0.3 is 9.84 Å². The smallest absolute Gasteiger partial charge is 0.169 e. The van der Waals surface area contributed by atoms with Gasteiger partial charge in [0.1, 0.15) is 5.75 Å². The Balaban J connectivity index is 2.30. The molecule has 0 aromatic heterocycles. The summed E-state index contributed by atoms with van der Waals surface area (Å²) in [6, 6.07) is 16.6. The van der Waals surface area contributed by atoms with E-state index in [0.29, 0.717) is 5.56 Å². The van der Waals surface area contributed by atoms with Gasteiger partial charge in [-0.3, -0.25) is 0 Å². The van der Waals surface area contributed by atoms with Crippen LogP contribution >= 0.6 is 0 Å². The fourth-order valence-corrected chi connectivity index (χ4v) is 1.78. The molecule has 0 heterocycles. The van der Waals surface area contributed by atoms with Gasteiger partial charge in [-0.15, -0.1) is 0 Å². The zero-order valence-corrected chi connectivity index (χ0v) is 11.3. The van der Waals surface area contributed by atoms with Crippen LogP contribution in [0.5, 0.6) is 5.75 Å². The maximum Gasteiger partial charge on any atom is 0.169 e. The first kappa shape index (κ1) is 13.9. The summed E-state index contributed by atoms with van der Waals surface area (Å²) >= 11 is 0. The molecule has 20 heavy (non-hydrogen) atoms. The van der Waals surface area contributed by atoms with Crippen molar-refractivity contribution in [3.05, 3.63) is 78.4 Å². The molecule has 0 aliphatic rings. The molecule has 0 saturated heterocycles. The maximum absolute atomic E-state index is 10.5. The third-order valence-electron chi connectivity index (χ3n) is 3.00. The predicted octanol–water partition coefficient (Wildman–Crippen LogP) is 3.12. The zero-order chi connectivity index (χ0) is 14.4. The van der Waals surface area contributed by atoms with Crippen LogP contribution < -0.4 is 4.74 Å². The van der Waals surface area contributed by atoms with Gasteiger partial charge in [-0.05, 0) is 35.9 Å². The van der Waals surface area contributed by atoms with E-state index in [1.807, 2.05) is 54.6 Å². The van der Waals surface area contributed by atoms with Crippen molar-refractivity contribution in [2.45, 2.75) is 5.60 Å². The summed E-state index contributed by atoms with van der Waals surface area (Å²) in [4.78, 5) is 0. The number of aliphatic hydroxyl groups is 1. The lowest BCUT2D eigenvalue weighted by Gasteiger charge is -2.17. The first-order valence-electron chi connectivity index (χ1n) is 6.26. The molecule has 100 valence electrons. The van der Waals surface area contributed by atoms with Crippen molar-refractivity contribution in [2.75, 3.05) is 7.11 Å². The Bertz CT molecular complexity index is 633. The Morgan fingerprint density at radius 2 is 1.75 bits per heavy atom. The van der Waals surface area contributed by atoms with Crippen LogP contribution in [-0.4, -0.2) is 12.2 Å². The average molecular weight is 264 g/mol. The minimum Gasteiger partial charge on any atom is -0.497 e. The first-order valence-corrected chi connectivity index (χ1v) is 6.26. The molecule has 1 atom stereocenters. The highest BCUT2D eigenvalue weighted by Crippen LogP contribution is 2.21. The molecule has 0 aliphatic carbocycles. The van der Waals surface area contributed by atoms with Crippen LogP contribution in [0, 0.1) is 11.8 Å². The number of hydrogen-bond donors (Lipinski definition) is 1. The third-order valence-corrected chi connectivity index (χ3v) is 3.00. The number of ether oxygens (including phenoxy) is 1. The van der Waals surface area contributed by atoms with E-state index in [1.54, 1.807) is 7.11 Å². The van der Waals surface area contributed by atoms with Gasteiger partial charge in [-0.25, -0.2) is 0 Å². The fourth-order valence-electron chi connectivity index (χ4n) is 1.78. The topological polar surface area (TPSA) is 29.5 Å². The maximum atomic E-state index is 10.5. The Labute approximate surface area is 119 Å². The van der Waals surface area contributed by atoms with Gasteiger partial charge in [0, 0.05) is 5.56 Å². The number of methoxy groups -OCH3 is 1. The number of rotatable bonds is 3. The van der Waals surface area contributed by atoms with Gasteiger partial charge in [-0.2, -0.15) is 0 Å². The van der Waals surface area contributed by atoms with Gasteiger partial charge in [0.2, 0.25) is 0 Å². The first-order chi connectivity index (χ1) is 9.68. The van der Waals surface area contributed by atoms with Crippen molar-refractivity contribution in [2.24, 2.45) is 0 Å². The molecule has 0 amide bonds. The Morgan fingerprint density at radius 1 is 1.10 bits per heavy atom. The minimum absolute atomic E-state index is 0.705. The molecule has 2 nitrogen and oxygen atoms in total. The largest absolute Gasteiger partial charge is 0.497 e. The lowest BCUT2D eigenvalue weighted by Crippen LogP contribution is -2.19. The van der Waals surface area contributed by atoms with Crippen molar-refractivity contribution < 1.29 is 9.84 Å². The molecule has 0 aliphatic heterocycles. The Kier molecular flexibility index (Phi) is 4.24. The van der Waals surface area contributed by atoms with Crippen LogP contribution in [0.1, 0.15) is 11.1 Å². The standard InChI is InChI=1S/C18H16O2/c1-3-18(19,16-7-5-4-6-8-16)14-13-15-9-11-17(20-2)12-10-15/h3-12,19H,1H2,2H3. The molecule has 0 bridgehead atoms. The van der Waals surface area contributed by atoms with Crippen LogP contribution in [0.25, 0.3) is 0 Å². The molecule has 0 spiro atoms. The Morgan fingerprint density at radius 3 is 2.30 bits per heavy atom. The van der Waals surface area contributed by atoms with E-state index in [4.69, 9.17) is 4.74 Å². The summed E-state index contributed by atoms with van der Waals surface area (Å²) in [7, 11) is 1.62. The number of hydrogen-bond acceptors (Lipinski definition) is 2. The second kappa shape index (κ2) is 6.10. The molecule has 0 fully saturated rings. The third kappa shape index (κ3) is 3.09. The second-order valence-electron chi connectivity index (χ2n) is 4.32. The van der Waals surface area contributed by atoms with Crippen LogP contribution in [0.2, 0.25) is 0 Å². The molecule has 2 heteroatoms. The molecule has 2 aromatic rings. The lowest BCUT2D eigenvalue weighted by atomic mass is 9.94. The van der Waals surface area contributed by atoms with Crippen LogP contribution in [0.4, 0.5) is 0 Å². The van der Waals surface area contributed by atoms with E-state index in [9.17, 15) is 5.11 Å². The summed E-state index contributed by atoms with van der Waals surface area (Å²) in [5.41, 5.74) is 0.166. The van der Waals surface area contributed by atoms with Crippen molar-refractivity contribution in [1.82, 2.24) is 0 Å². The van der Waals surface area contributed by atoms with Crippen molar-refractivity contribution in [3.8, 4) is 17.6 Å². The van der Waals surface area contributed by atoms with E-state index in [-0.39, 0.29) is 0 Å². The molecule has 0 saturated carbocycles. The van der Waals surface area contributed by atoms with Crippen molar-refractivity contribution >= 4 is 0 Å². The predicted molar refractivity (Wildman–Crippen MR) is 80.4 cm³/mol. The van der Waals surface area contributed by atoms with Gasteiger partial charge in [0.15, 0.2) is 5.60 Å². The Hall–Kier alpha value is -2.50. The van der Waals surface area contributed by atoms with E-state index >= 15 is 0 Å². The van der Waals surface area contributed by atoms with E-state index < -0.39 is 5.60 Å². The van der Waals surface area contributed by atoms with Gasteiger partial charge in [0.05, 0.1) is 7.11 Å². The summed E-state index contributed by atoms with van der Waals surface area (Å²) in [5.74, 6) is 6.60. The van der Waals surface area contributed by atoms with E-state index in [0.717, 1.165) is 11.3 Å². The molecule has 1 N–H and O–H groups in total. The number of benzene rings is 2. The fraction of sp³-hybridized carbons (Fsp3) is 0.111. The van der Waals surface area contributed by atoms with Gasteiger partial charge in [0.25, 0.3) is 0 Å². The van der Waals surface area contributed by atoms with E-state index in [1.165, 1.54) is 6.08 Å². The summed E-state index contributed by atoms with van der Waals surface area (Å²) in [6.45, 7) is 3.68. The van der Waals surface area contributed by atoms with Crippen LogP contribution in [0.3, 0.4) is 0 Å². The summed E-state index contributed by atoms with van der Waals surface area (Å²) in [6.07, 6.45) is 1.44. The second-order valence-corrected chi connectivity index (χ2v) is 4.32. The lowest BCUT2D eigenvalue weighted by molar-refractivity contribution is 0.154. The normalized spacial score (nSPS) is 12.7. The highest BCUT2D eigenvalue weighted by atomic mass is 16.5. The van der Waals surface area contributed by atoms with Crippen molar-refractivity contribution in [3.63, 3.8) is 0 Å². The SMILES string of the molecule is C=CC(O)(C#Cc1ccc(OC)cc1)c1ccccc1. The molecule has 1 unspecified atom stereocenters. The molecule has 2 rings (SSSR count). The minimum atomic E-state index is -1.35. The van der Waals surface area contributed by atoms with E-state index in [2.05, 4.69) is 18.4 Å². The van der Waals surface area contributed by atoms with Gasteiger partial charge >= 0.3 is 0 Å². The van der Waals surface area contributed by atoms with Crippen LogP contribution in [-0.2, 0) is 5.60 Å². The highest BCUT2D eigenvalue weighted by Gasteiger charge is 2.21. The monoisotopic (exact) mass is 264 g/mol. The molecule has 0 radical (unpaired) electrons. The molecular formula is C18H16O2. The average Bonchev–Trinajstić information content (AvgIpc) is 2.54.